The highest BCUT2D eigenvalue weighted by molar-refractivity contribution is 7.89. The van der Waals surface area contributed by atoms with Crippen LogP contribution in [0.3, 0.4) is 0 Å². The number of benzene rings is 2. The fourth-order valence-electron chi connectivity index (χ4n) is 3.69. The molecule has 1 atom stereocenters. The Balaban J connectivity index is 1.76. The molecule has 0 radical (unpaired) electrons. The average molecular weight is 356 g/mol. The van der Waals surface area contributed by atoms with Gasteiger partial charge in [-0.05, 0) is 55.7 Å². The van der Waals surface area contributed by atoms with Gasteiger partial charge >= 0.3 is 0 Å². The zero-order chi connectivity index (χ0) is 18.0. The predicted molar refractivity (Wildman–Crippen MR) is 95.7 cm³/mol. The number of nitrogens with one attached hydrogen (secondary N) is 1. The van der Waals surface area contributed by atoms with E-state index >= 15 is 0 Å². The third-order valence-corrected chi connectivity index (χ3v) is 7.26. The number of carbonyl (C=O) groups excluding carboxylic acids is 1. The standard InChI is InChI=1S/C19H20N2O3S/c1-12-15-7-5-4-6-13(15)11-21(12)25(23,24)14-8-9-17-16(10-14)19(2,3)18(22)20-17/h4-10,12H,11H2,1-3H3,(H,20,22)/t12-/m0/s1. The van der Waals surface area contributed by atoms with Crippen LogP contribution in [0.2, 0.25) is 0 Å². The van der Waals surface area contributed by atoms with Gasteiger partial charge in [0.1, 0.15) is 0 Å². The molecule has 25 heavy (non-hydrogen) atoms. The van der Waals surface area contributed by atoms with Crippen LogP contribution < -0.4 is 5.32 Å². The van der Waals surface area contributed by atoms with E-state index in [-0.39, 0.29) is 16.8 Å². The van der Waals surface area contributed by atoms with Crippen molar-refractivity contribution in [1.29, 1.82) is 0 Å². The van der Waals surface area contributed by atoms with Crippen LogP contribution in [0.25, 0.3) is 0 Å². The number of hydrogen-bond donors (Lipinski definition) is 1. The lowest BCUT2D eigenvalue weighted by molar-refractivity contribution is -0.119. The van der Waals surface area contributed by atoms with E-state index in [0.29, 0.717) is 12.2 Å². The van der Waals surface area contributed by atoms with Crippen molar-refractivity contribution in [3.05, 3.63) is 59.2 Å². The first-order valence-electron chi connectivity index (χ1n) is 8.28. The lowest BCUT2D eigenvalue weighted by Crippen LogP contribution is -2.29. The second-order valence-electron chi connectivity index (χ2n) is 7.21. The molecule has 1 N–H and O–H groups in total. The van der Waals surface area contributed by atoms with Crippen LogP contribution in [0.1, 0.15) is 43.5 Å². The second kappa shape index (κ2) is 5.16. The quantitative estimate of drug-likeness (QED) is 0.899. The molecular weight excluding hydrogens is 336 g/mol. The molecule has 5 nitrogen and oxygen atoms in total. The van der Waals surface area contributed by atoms with E-state index in [1.54, 1.807) is 32.0 Å². The van der Waals surface area contributed by atoms with E-state index in [2.05, 4.69) is 5.32 Å². The molecule has 6 heteroatoms. The lowest BCUT2D eigenvalue weighted by Gasteiger charge is -2.22. The highest BCUT2D eigenvalue weighted by Crippen LogP contribution is 2.41. The van der Waals surface area contributed by atoms with E-state index in [0.717, 1.165) is 16.7 Å². The molecule has 0 aliphatic carbocycles. The Labute approximate surface area is 147 Å². The van der Waals surface area contributed by atoms with Crippen LogP contribution >= 0.6 is 0 Å². The molecular formula is C19H20N2O3S. The van der Waals surface area contributed by atoms with Crippen LogP contribution in [0.4, 0.5) is 5.69 Å². The molecule has 0 spiro atoms. The average Bonchev–Trinajstić information content (AvgIpc) is 3.03. The van der Waals surface area contributed by atoms with Crippen molar-refractivity contribution in [1.82, 2.24) is 4.31 Å². The molecule has 2 aromatic rings. The van der Waals surface area contributed by atoms with Gasteiger partial charge in [0, 0.05) is 18.3 Å². The maximum absolute atomic E-state index is 13.2. The monoisotopic (exact) mass is 356 g/mol. The first kappa shape index (κ1) is 16.3. The van der Waals surface area contributed by atoms with Gasteiger partial charge in [-0.15, -0.1) is 0 Å². The summed E-state index contributed by atoms with van der Waals surface area (Å²) >= 11 is 0. The molecule has 0 fully saturated rings. The molecule has 130 valence electrons. The molecule has 2 aromatic carbocycles. The highest BCUT2D eigenvalue weighted by atomic mass is 32.2. The molecule has 2 heterocycles. The number of nitrogens with zero attached hydrogens (tertiary/aromatic N) is 1. The van der Waals surface area contributed by atoms with Crippen molar-refractivity contribution < 1.29 is 13.2 Å². The summed E-state index contributed by atoms with van der Waals surface area (Å²) in [6, 6.07) is 12.5. The largest absolute Gasteiger partial charge is 0.325 e. The van der Waals surface area contributed by atoms with E-state index in [1.165, 1.54) is 4.31 Å². The summed E-state index contributed by atoms with van der Waals surface area (Å²) in [4.78, 5) is 12.3. The maximum Gasteiger partial charge on any atom is 0.243 e. The second-order valence-corrected chi connectivity index (χ2v) is 9.10. The minimum atomic E-state index is -3.65. The van der Waals surface area contributed by atoms with Crippen LogP contribution in [-0.2, 0) is 26.8 Å². The Bertz CT molecular complexity index is 995. The summed E-state index contributed by atoms with van der Waals surface area (Å²) in [5, 5.41) is 2.81. The van der Waals surface area contributed by atoms with Crippen molar-refractivity contribution in [2.45, 2.75) is 43.7 Å². The molecule has 0 bridgehead atoms. The normalized spacial score (nSPS) is 21.7. The number of fused-ring (bicyclic) bond motifs is 2. The molecule has 4 rings (SSSR count). The summed E-state index contributed by atoms with van der Waals surface area (Å²) < 4.78 is 28.0. The van der Waals surface area contributed by atoms with Gasteiger partial charge in [-0.1, -0.05) is 24.3 Å². The van der Waals surface area contributed by atoms with Crippen molar-refractivity contribution >= 4 is 21.6 Å². The van der Waals surface area contributed by atoms with E-state index in [9.17, 15) is 13.2 Å². The van der Waals surface area contributed by atoms with Gasteiger partial charge in [-0.25, -0.2) is 8.42 Å². The molecule has 2 aliphatic heterocycles. The summed E-state index contributed by atoms with van der Waals surface area (Å²) in [6.45, 7) is 5.89. The number of hydrogen-bond acceptors (Lipinski definition) is 3. The van der Waals surface area contributed by atoms with Crippen LogP contribution in [0, 0.1) is 0 Å². The summed E-state index contributed by atoms with van der Waals surface area (Å²) in [5.74, 6) is -0.112. The first-order valence-corrected chi connectivity index (χ1v) is 9.72. The van der Waals surface area contributed by atoms with Crippen molar-refractivity contribution in [2.75, 3.05) is 5.32 Å². The lowest BCUT2D eigenvalue weighted by atomic mass is 9.86. The number of sulfonamides is 1. The zero-order valence-corrected chi connectivity index (χ0v) is 15.2. The first-order chi connectivity index (χ1) is 11.7. The van der Waals surface area contributed by atoms with Gasteiger partial charge in [-0.2, -0.15) is 4.31 Å². The zero-order valence-electron chi connectivity index (χ0n) is 14.4. The number of amides is 1. The van der Waals surface area contributed by atoms with Crippen molar-refractivity contribution in [3.63, 3.8) is 0 Å². The minimum absolute atomic E-state index is 0.112. The smallest absolute Gasteiger partial charge is 0.243 e. The molecule has 0 saturated carbocycles. The Morgan fingerprint density at radius 3 is 2.60 bits per heavy atom. The third kappa shape index (κ3) is 2.24. The van der Waals surface area contributed by atoms with Crippen LogP contribution in [0.5, 0.6) is 0 Å². The summed E-state index contributed by atoms with van der Waals surface area (Å²) in [7, 11) is -3.65. The maximum atomic E-state index is 13.2. The number of carbonyl (C=O) groups is 1. The molecule has 0 unspecified atom stereocenters. The SMILES string of the molecule is C[C@H]1c2ccccc2CN1S(=O)(=O)c1ccc2c(c1)C(C)(C)C(=O)N2. The Morgan fingerprint density at radius 2 is 1.88 bits per heavy atom. The van der Waals surface area contributed by atoms with Gasteiger partial charge in [0.25, 0.3) is 0 Å². The van der Waals surface area contributed by atoms with Gasteiger partial charge in [-0.3, -0.25) is 4.79 Å². The molecule has 2 aliphatic rings. The van der Waals surface area contributed by atoms with Crippen molar-refractivity contribution in [3.8, 4) is 0 Å². The van der Waals surface area contributed by atoms with Crippen LogP contribution in [-0.4, -0.2) is 18.6 Å². The minimum Gasteiger partial charge on any atom is -0.325 e. The summed E-state index contributed by atoms with van der Waals surface area (Å²) in [6.07, 6.45) is 0. The highest BCUT2D eigenvalue weighted by Gasteiger charge is 2.41. The van der Waals surface area contributed by atoms with E-state index in [4.69, 9.17) is 0 Å². The van der Waals surface area contributed by atoms with Crippen molar-refractivity contribution in [2.24, 2.45) is 0 Å². The molecule has 1 amide bonds. The van der Waals surface area contributed by atoms with Gasteiger partial charge in [0.05, 0.1) is 10.3 Å². The van der Waals surface area contributed by atoms with Gasteiger partial charge in [0.15, 0.2) is 0 Å². The van der Waals surface area contributed by atoms with Gasteiger partial charge in [0.2, 0.25) is 15.9 Å². The van der Waals surface area contributed by atoms with Gasteiger partial charge < -0.3 is 5.32 Å². The number of rotatable bonds is 2. The van der Waals surface area contributed by atoms with E-state index in [1.807, 2.05) is 31.2 Å². The summed E-state index contributed by atoms with van der Waals surface area (Å²) in [5.41, 5.74) is 2.76. The Kier molecular flexibility index (Phi) is 3.36. The van der Waals surface area contributed by atoms with Crippen LogP contribution in [0.15, 0.2) is 47.4 Å². The Hall–Kier alpha value is -2.18. The topological polar surface area (TPSA) is 66.5 Å². The predicted octanol–water partition coefficient (Wildman–Crippen LogP) is 3.18. The number of anilines is 1. The molecule has 0 saturated heterocycles. The third-order valence-electron chi connectivity index (χ3n) is 5.35. The Morgan fingerprint density at radius 1 is 1.16 bits per heavy atom. The van der Waals surface area contributed by atoms with E-state index < -0.39 is 15.4 Å². The molecule has 0 aromatic heterocycles. The fourth-order valence-corrected chi connectivity index (χ4v) is 5.30. The fraction of sp³-hybridized carbons (Fsp3) is 0.316.